The Labute approximate surface area is 95.3 Å². The lowest BCUT2D eigenvalue weighted by Crippen LogP contribution is -2.21. The monoisotopic (exact) mass is 225 g/mol. The minimum absolute atomic E-state index is 0.436. The third kappa shape index (κ3) is 2.40. The van der Waals surface area contributed by atoms with Crippen LogP contribution in [0.4, 0.5) is 5.82 Å². The predicted molar refractivity (Wildman–Crippen MR) is 62.0 cm³/mol. The van der Waals surface area contributed by atoms with Crippen LogP contribution in [0.15, 0.2) is 12.4 Å². The first-order valence-corrected chi connectivity index (χ1v) is 5.72. The van der Waals surface area contributed by atoms with Gasteiger partial charge in [0, 0.05) is 6.54 Å². The average molecular weight is 226 g/mol. The highest BCUT2D eigenvalue weighted by Gasteiger charge is 2.44. The standard InChI is InChI=1S/C11H16ClN3/c1-8(2)11(3-4-11)7-15-10-6-13-9(12)5-14-10/h5-6,8H,3-4,7H2,1-2H3,(H,14,15). The molecule has 1 fully saturated rings. The molecule has 0 unspecified atom stereocenters. The Balaban J connectivity index is 1.91. The first-order chi connectivity index (χ1) is 7.12. The molecule has 1 aliphatic rings. The third-order valence-corrected chi connectivity index (χ3v) is 3.55. The summed E-state index contributed by atoms with van der Waals surface area (Å²) < 4.78 is 0. The molecule has 0 amide bonds. The Kier molecular flexibility index (Phi) is 2.83. The number of hydrogen-bond donors (Lipinski definition) is 1. The van der Waals surface area contributed by atoms with Gasteiger partial charge < -0.3 is 5.32 Å². The van der Waals surface area contributed by atoms with Crippen LogP contribution >= 0.6 is 11.6 Å². The largest absolute Gasteiger partial charge is 0.368 e. The van der Waals surface area contributed by atoms with E-state index < -0.39 is 0 Å². The second kappa shape index (κ2) is 3.97. The summed E-state index contributed by atoms with van der Waals surface area (Å²) in [5.74, 6) is 1.54. The topological polar surface area (TPSA) is 37.8 Å². The molecular formula is C11H16ClN3. The van der Waals surface area contributed by atoms with Crippen molar-refractivity contribution >= 4 is 17.4 Å². The lowest BCUT2D eigenvalue weighted by molar-refractivity contribution is 0.380. The Morgan fingerprint density at radius 1 is 1.40 bits per heavy atom. The van der Waals surface area contributed by atoms with Gasteiger partial charge in [-0.15, -0.1) is 0 Å². The van der Waals surface area contributed by atoms with Crippen molar-refractivity contribution in [3.63, 3.8) is 0 Å². The number of nitrogens with zero attached hydrogens (tertiary/aromatic N) is 2. The smallest absolute Gasteiger partial charge is 0.147 e. The normalized spacial score (nSPS) is 17.9. The molecule has 1 N–H and O–H groups in total. The molecular weight excluding hydrogens is 210 g/mol. The fraction of sp³-hybridized carbons (Fsp3) is 0.636. The molecule has 0 atom stereocenters. The van der Waals surface area contributed by atoms with Crippen LogP contribution in [0.3, 0.4) is 0 Å². The van der Waals surface area contributed by atoms with Gasteiger partial charge in [0.15, 0.2) is 0 Å². The van der Waals surface area contributed by atoms with E-state index in [2.05, 4.69) is 29.1 Å². The van der Waals surface area contributed by atoms with Gasteiger partial charge in [-0.1, -0.05) is 25.4 Å². The minimum Gasteiger partial charge on any atom is -0.368 e. The molecule has 0 radical (unpaired) electrons. The van der Waals surface area contributed by atoms with E-state index in [-0.39, 0.29) is 0 Å². The van der Waals surface area contributed by atoms with Crippen molar-refractivity contribution in [2.75, 3.05) is 11.9 Å². The molecule has 2 rings (SSSR count). The van der Waals surface area contributed by atoms with Gasteiger partial charge in [0.25, 0.3) is 0 Å². The van der Waals surface area contributed by atoms with E-state index in [1.54, 1.807) is 12.4 Å². The SMILES string of the molecule is CC(C)C1(CNc2cnc(Cl)cn2)CC1. The molecule has 1 saturated carbocycles. The molecule has 1 heterocycles. The number of hydrogen-bond acceptors (Lipinski definition) is 3. The molecule has 1 aromatic rings. The molecule has 0 bridgehead atoms. The third-order valence-electron chi connectivity index (χ3n) is 3.36. The first-order valence-electron chi connectivity index (χ1n) is 5.34. The Morgan fingerprint density at radius 3 is 2.60 bits per heavy atom. The number of rotatable bonds is 4. The minimum atomic E-state index is 0.436. The highest BCUT2D eigenvalue weighted by molar-refractivity contribution is 6.29. The zero-order valence-corrected chi connectivity index (χ0v) is 9.88. The van der Waals surface area contributed by atoms with E-state index in [1.165, 1.54) is 12.8 Å². The Morgan fingerprint density at radius 2 is 2.13 bits per heavy atom. The van der Waals surface area contributed by atoms with Gasteiger partial charge >= 0.3 is 0 Å². The van der Waals surface area contributed by atoms with Crippen molar-refractivity contribution in [1.29, 1.82) is 0 Å². The van der Waals surface area contributed by atoms with Crippen molar-refractivity contribution in [2.45, 2.75) is 26.7 Å². The number of anilines is 1. The molecule has 4 heteroatoms. The van der Waals surface area contributed by atoms with E-state index in [1.807, 2.05) is 0 Å². The molecule has 0 aliphatic heterocycles. The van der Waals surface area contributed by atoms with Crippen LogP contribution in [0.5, 0.6) is 0 Å². The van der Waals surface area contributed by atoms with Crippen LogP contribution < -0.4 is 5.32 Å². The van der Waals surface area contributed by atoms with Gasteiger partial charge in [0.1, 0.15) is 11.0 Å². The molecule has 1 aromatic heterocycles. The maximum Gasteiger partial charge on any atom is 0.147 e. The van der Waals surface area contributed by atoms with Gasteiger partial charge in [-0.2, -0.15) is 0 Å². The summed E-state index contributed by atoms with van der Waals surface area (Å²) in [6.45, 7) is 5.55. The molecule has 0 spiro atoms. The lowest BCUT2D eigenvalue weighted by Gasteiger charge is -2.20. The summed E-state index contributed by atoms with van der Waals surface area (Å²) in [7, 11) is 0. The lowest BCUT2D eigenvalue weighted by atomic mass is 9.92. The second-order valence-electron chi connectivity index (χ2n) is 4.59. The summed E-state index contributed by atoms with van der Waals surface area (Å²) in [5, 5.41) is 3.76. The first kappa shape index (κ1) is 10.7. The molecule has 15 heavy (non-hydrogen) atoms. The van der Waals surface area contributed by atoms with Gasteiger partial charge in [-0.25, -0.2) is 9.97 Å². The van der Waals surface area contributed by atoms with Crippen LogP contribution in [0.2, 0.25) is 5.15 Å². The van der Waals surface area contributed by atoms with E-state index in [0.717, 1.165) is 18.3 Å². The molecule has 0 aromatic carbocycles. The van der Waals surface area contributed by atoms with Crippen LogP contribution in [0.25, 0.3) is 0 Å². The second-order valence-corrected chi connectivity index (χ2v) is 4.98. The molecule has 82 valence electrons. The molecule has 0 saturated heterocycles. The Bertz CT molecular complexity index is 330. The summed E-state index contributed by atoms with van der Waals surface area (Å²) in [6.07, 6.45) is 5.88. The van der Waals surface area contributed by atoms with Gasteiger partial charge in [-0.05, 0) is 24.2 Å². The fourth-order valence-electron chi connectivity index (χ4n) is 1.79. The highest BCUT2D eigenvalue weighted by Crippen LogP contribution is 2.51. The molecule has 1 aliphatic carbocycles. The van der Waals surface area contributed by atoms with Crippen molar-refractivity contribution in [2.24, 2.45) is 11.3 Å². The van der Waals surface area contributed by atoms with Crippen LogP contribution in [0.1, 0.15) is 26.7 Å². The van der Waals surface area contributed by atoms with Crippen LogP contribution in [-0.2, 0) is 0 Å². The van der Waals surface area contributed by atoms with Crippen molar-refractivity contribution in [3.8, 4) is 0 Å². The quantitative estimate of drug-likeness (QED) is 0.856. The summed E-state index contributed by atoms with van der Waals surface area (Å²) >= 11 is 5.66. The maximum atomic E-state index is 5.66. The zero-order valence-electron chi connectivity index (χ0n) is 9.13. The summed E-state index contributed by atoms with van der Waals surface area (Å²) in [5.41, 5.74) is 0.487. The van der Waals surface area contributed by atoms with Crippen molar-refractivity contribution in [3.05, 3.63) is 17.5 Å². The number of aromatic nitrogens is 2. The average Bonchev–Trinajstić information content (AvgIpc) is 2.98. The zero-order chi connectivity index (χ0) is 10.9. The van der Waals surface area contributed by atoms with E-state index >= 15 is 0 Å². The van der Waals surface area contributed by atoms with E-state index in [0.29, 0.717) is 10.6 Å². The fourth-order valence-corrected chi connectivity index (χ4v) is 1.89. The van der Waals surface area contributed by atoms with E-state index in [4.69, 9.17) is 11.6 Å². The Hall–Kier alpha value is -0.830. The van der Waals surface area contributed by atoms with Crippen LogP contribution in [0, 0.1) is 11.3 Å². The van der Waals surface area contributed by atoms with Gasteiger partial charge in [0.05, 0.1) is 12.4 Å². The van der Waals surface area contributed by atoms with Gasteiger partial charge in [0.2, 0.25) is 0 Å². The van der Waals surface area contributed by atoms with Crippen LogP contribution in [-0.4, -0.2) is 16.5 Å². The number of nitrogens with one attached hydrogen (secondary N) is 1. The van der Waals surface area contributed by atoms with Crippen molar-refractivity contribution in [1.82, 2.24) is 9.97 Å². The van der Waals surface area contributed by atoms with E-state index in [9.17, 15) is 0 Å². The van der Waals surface area contributed by atoms with Crippen molar-refractivity contribution < 1.29 is 0 Å². The summed E-state index contributed by atoms with van der Waals surface area (Å²) in [4.78, 5) is 8.15. The highest BCUT2D eigenvalue weighted by atomic mass is 35.5. The predicted octanol–water partition coefficient (Wildman–Crippen LogP) is 2.98. The molecule has 3 nitrogen and oxygen atoms in total. The van der Waals surface area contributed by atoms with Gasteiger partial charge in [-0.3, -0.25) is 0 Å². The summed E-state index contributed by atoms with van der Waals surface area (Å²) in [6, 6.07) is 0. The number of halogens is 1. The maximum absolute atomic E-state index is 5.66.